The van der Waals surface area contributed by atoms with Crippen molar-refractivity contribution in [2.75, 3.05) is 51.8 Å². The van der Waals surface area contributed by atoms with Gasteiger partial charge in [-0.3, -0.25) is 9.69 Å². The first kappa shape index (κ1) is 20.3. The fraction of sp³-hybridized carbons (Fsp3) is 0.632. The fourth-order valence-corrected chi connectivity index (χ4v) is 3.15. The third-order valence-corrected chi connectivity index (χ3v) is 4.45. The van der Waals surface area contributed by atoms with Crippen molar-refractivity contribution >= 4 is 17.9 Å². The third-order valence-electron chi connectivity index (χ3n) is 4.45. The minimum Gasteiger partial charge on any atom is -0.396 e. The predicted octanol–water partition coefficient (Wildman–Crippen LogP) is 1.11. The standard InChI is InChI=1S/C19H31N5O2/c1-15(2)13-23-8-9-24(14-17(23)7-10-25)18(26)6-5-16-11-20-19(21-12-16)22(3)4/h5-6,11-12,15,17,25H,7-10,13-14H2,1-4H3/b6-5+. The lowest BCUT2D eigenvalue weighted by Crippen LogP contribution is -2.55. The van der Waals surface area contributed by atoms with Crippen molar-refractivity contribution in [3.8, 4) is 0 Å². The number of piperazine rings is 1. The van der Waals surface area contributed by atoms with E-state index in [0.29, 0.717) is 31.4 Å². The average Bonchev–Trinajstić information content (AvgIpc) is 2.61. The van der Waals surface area contributed by atoms with E-state index in [4.69, 9.17) is 0 Å². The molecule has 1 aliphatic heterocycles. The highest BCUT2D eigenvalue weighted by molar-refractivity contribution is 5.91. The summed E-state index contributed by atoms with van der Waals surface area (Å²) in [6.45, 7) is 7.76. The number of amides is 1. The van der Waals surface area contributed by atoms with Gasteiger partial charge in [-0.1, -0.05) is 13.8 Å². The summed E-state index contributed by atoms with van der Waals surface area (Å²) in [5.74, 6) is 1.21. The number of carbonyl (C=O) groups excluding carboxylic acids is 1. The van der Waals surface area contributed by atoms with Crippen LogP contribution in [-0.4, -0.2) is 83.7 Å². The number of hydrogen-bond donors (Lipinski definition) is 1. The molecule has 144 valence electrons. The van der Waals surface area contributed by atoms with Crippen molar-refractivity contribution < 1.29 is 9.90 Å². The number of anilines is 1. The zero-order chi connectivity index (χ0) is 19.1. The van der Waals surface area contributed by atoms with Crippen LogP contribution in [0.3, 0.4) is 0 Å². The van der Waals surface area contributed by atoms with Crippen LogP contribution in [0.1, 0.15) is 25.8 Å². The van der Waals surface area contributed by atoms with E-state index < -0.39 is 0 Å². The van der Waals surface area contributed by atoms with Gasteiger partial charge in [-0.2, -0.15) is 0 Å². The molecule has 0 bridgehead atoms. The van der Waals surface area contributed by atoms with Crippen LogP contribution in [0.2, 0.25) is 0 Å². The van der Waals surface area contributed by atoms with E-state index in [1.165, 1.54) is 0 Å². The van der Waals surface area contributed by atoms with E-state index in [0.717, 1.165) is 18.7 Å². The first-order valence-electron chi connectivity index (χ1n) is 9.22. The molecule has 1 aromatic rings. The molecule has 2 rings (SSSR count). The molecule has 1 N–H and O–H groups in total. The van der Waals surface area contributed by atoms with Crippen LogP contribution in [0, 0.1) is 5.92 Å². The van der Waals surface area contributed by atoms with Crippen molar-refractivity contribution in [3.63, 3.8) is 0 Å². The van der Waals surface area contributed by atoms with Gasteiger partial charge in [0, 0.05) is 77.0 Å². The van der Waals surface area contributed by atoms with Crippen LogP contribution in [0.5, 0.6) is 0 Å². The number of aliphatic hydroxyl groups is 1. The smallest absolute Gasteiger partial charge is 0.246 e. The van der Waals surface area contributed by atoms with Crippen molar-refractivity contribution in [1.29, 1.82) is 0 Å². The Balaban J connectivity index is 1.96. The normalized spacial score (nSPS) is 18.7. The largest absolute Gasteiger partial charge is 0.396 e. The Bertz CT molecular complexity index is 600. The molecule has 0 saturated carbocycles. The van der Waals surface area contributed by atoms with Gasteiger partial charge in [-0.15, -0.1) is 0 Å². The minimum atomic E-state index is -0.00572. The number of aromatic nitrogens is 2. The molecule has 2 heterocycles. The van der Waals surface area contributed by atoms with E-state index in [9.17, 15) is 9.90 Å². The van der Waals surface area contributed by atoms with E-state index in [2.05, 4.69) is 28.7 Å². The molecule has 1 atom stereocenters. The molecule has 1 unspecified atom stereocenters. The Morgan fingerprint density at radius 1 is 1.35 bits per heavy atom. The second-order valence-electron chi connectivity index (χ2n) is 7.38. The molecule has 0 radical (unpaired) electrons. The van der Waals surface area contributed by atoms with Crippen LogP contribution in [0.15, 0.2) is 18.5 Å². The molecule has 1 aromatic heterocycles. The molecule has 1 aliphatic rings. The molecule has 0 spiro atoms. The summed E-state index contributed by atoms with van der Waals surface area (Å²) in [6.07, 6.45) is 7.45. The number of aliphatic hydroxyl groups excluding tert-OH is 1. The Morgan fingerprint density at radius 2 is 2.04 bits per heavy atom. The highest BCUT2D eigenvalue weighted by atomic mass is 16.3. The van der Waals surface area contributed by atoms with E-state index >= 15 is 0 Å². The highest BCUT2D eigenvalue weighted by Gasteiger charge is 2.28. The highest BCUT2D eigenvalue weighted by Crippen LogP contribution is 2.15. The second-order valence-corrected chi connectivity index (χ2v) is 7.38. The van der Waals surface area contributed by atoms with Crippen LogP contribution in [0.25, 0.3) is 6.08 Å². The second kappa shape index (κ2) is 9.64. The van der Waals surface area contributed by atoms with Gasteiger partial charge in [-0.25, -0.2) is 9.97 Å². The first-order valence-corrected chi connectivity index (χ1v) is 9.22. The Morgan fingerprint density at radius 3 is 2.62 bits per heavy atom. The van der Waals surface area contributed by atoms with Crippen LogP contribution in [0.4, 0.5) is 5.95 Å². The summed E-state index contributed by atoms with van der Waals surface area (Å²) in [5, 5.41) is 9.35. The SMILES string of the molecule is CC(C)CN1CCN(C(=O)/C=C/c2cnc(N(C)C)nc2)CC1CCO. The van der Waals surface area contributed by atoms with Crippen LogP contribution in [-0.2, 0) is 4.79 Å². The van der Waals surface area contributed by atoms with Crippen molar-refractivity contribution in [2.24, 2.45) is 5.92 Å². The molecule has 1 amide bonds. The van der Waals surface area contributed by atoms with Gasteiger partial charge in [0.25, 0.3) is 0 Å². The molecule has 1 saturated heterocycles. The summed E-state index contributed by atoms with van der Waals surface area (Å²) in [5.41, 5.74) is 0.800. The summed E-state index contributed by atoms with van der Waals surface area (Å²) >= 11 is 0. The maximum atomic E-state index is 12.5. The van der Waals surface area contributed by atoms with Crippen LogP contribution >= 0.6 is 0 Å². The zero-order valence-corrected chi connectivity index (χ0v) is 16.3. The quantitative estimate of drug-likeness (QED) is 0.734. The molecular weight excluding hydrogens is 330 g/mol. The summed E-state index contributed by atoms with van der Waals surface area (Å²) in [7, 11) is 3.77. The summed E-state index contributed by atoms with van der Waals surface area (Å²) in [6, 6.07) is 0.219. The van der Waals surface area contributed by atoms with E-state index in [1.54, 1.807) is 24.5 Å². The predicted molar refractivity (Wildman–Crippen MR) is 104 cm³/mol. The van der Waals surface area contributed by atoms with E-state index in [1.807, 2.05) is 23.9 Å². The topological polar surface area (TPSA) is 72.8 Å². The van der Waals surface area contributed by atoms with Crippen molar-refractivity contribution in [3.05, 3.63) is 24.0 Å². The molecule has 0 aliphatic carbocycles. The van der Waals surface area contributed by atoms with Gasteiger partial charge >= 0.3 is 0 Å². The van der Waals surface area contributed by atoms with Gasteiger partial charge in [0.2, 0.25) is 11.9 Å². The van der Waals surface area contributed by atoms with E-state index in [-0.39, 0.29) is 18.6 Å². The lowest BCUT2D eigenvalue weighted by atomic mass is 10.1. The lowest BCUT2D eigenvalue weighted by Gasteiger charge is -2.41. The Labute approximate surface area is 156 Å². The maximum Gasteiger partial charge on any atom is 0.246 e. The average molecular weight is 361 g/mol. The van der Waals surface area contributed by atoms with Crippen molar-refractivity contribution in [2.45, 2.75) is 26.3 Å². The molecule has 26 heavy (non-hydrogen) atoms. The van der Waals surface area contributed by atoms with Gasteiger partial charge in [0.05, 0.1) is 0 Å². The van der Waals surface area contributed by atoms with Crippen LogP contribution < -0.4 is 4.90 Å². The third kappa shape index (κ3) is 5.78. The zero-order valence-electron chi connectivity index (χ0n) is 16.3. The van der Waals surface area contributed by atoms with Gasteiger partial charge in [0.1, 0.15) is 0 Å². The van der Waals surface area contributed by atoms with Gasteiger partial charge < -0.3 is 14.9 Å². The fourth-order valence-electron chi connectivity index (χ4n) is 3.15. The number of nitrogens with zero attached hydrogens (tertiary/aromatic N) is 5. The Hall–Kier alpha value is -1.99. The molecule has 1 fully saturated rings. The van der Waals surface area contributed by atoms with Gasteiger partial charge in [-0.05, 0) is 18.4 Å². The summed E-state index contributed by atoms with van der Waals surface area (Å²) < 4.78 is 0. The first-order chi connectivity index (χ1) is 12.4. The monoisotopic (exact) mass is 361 g/mol. The Kier molecular flexibility index (Phi) is 7.53. The number of hydrogen-bond acceptors (Lipinski definition) is 6. The molecular formula is C19H31N5O2. The maximum absolute atomic E-state index is 12.5. The van der Waals surface area contributed by atoms with Crippen molar-refractivity contribution in [1.82, 2.24) is 19.8 Å². The summed E-state index contributed by atoms with van der Waals surface area (Å²) in [4.78, 5) is 27.1. The molecule has 7 heteroatoms. The minimum absolute atomic E-state index is 0.00572. The molecule has 0 aromatic carbocycles. The molecule has 7 nitrogen and oxygen atoms in total. The van der Waals surface area contributed by atoms with Gasteiger partial charge in [0.15, 0.2) is 0 Å². The number of carbonyl (C=O) groups is 1. The lowest BCUT2D eigenvalue weighted by molar-refractivity contribution is -0.129. The number of rotatable bonds is 7.